The first-order chi connectivity index (χ1) is 21.8. The van der Waals surface area contributed by atoms with E-state index in [4.69, 9.17) is 9.98 Å². The van der Waals surface area contributed by atoms with Crippen LogP contribution in [0.4, 0.5) is 0 Å². The summed E-state index contributed by atoms with van der Waals surface area (Å²) in [5.74, 6) is 0.739. The SMILES string of the molecule is C1=C(c2ccccc2)N=C(c2ccccc2)N=C(c2ccc3c(c2)C2(c4ccccc4-c4ccccc42)c2ccccc2-3)C1. The zero-order valence-electron chi connectivity index (χ0n) is 24.1. The Morgan fingerprint density at radius 1 is 0.409 bits per heavy atom. The van der Waals surface area contributed by atoms with Crippen LogP contribution in [0.1, 0.15) is 45.4 Å². The third-order valence-corrected chi connectivity index (χ3v) is 9.39. The summed E-state index contributed by atoms with van der Waals surface area (Å²) in [7, 11) is 0. The minimum Gasteiger partial charge on any atom is -0.232 e. The largest absolute Gasteiger partial charge is 0.232 e. The van der Waals surface area contributed by atoms with Gasteiger partial charge in [0.05, 0.1) is 16.8 Å². The zero-order valence-corrected chi connectivity index (χ0v) is 24.1. The van der Waals surface area contributed by atoms with Gasteiger partial charge in [-0.3, -0.25) is 0 Å². The van der Waals surface area contributed by atoms with Gasteiger partial charge in [0, 0.05) is 12.0 Å². The van der Waals surface area contributed by atoms with Crippen molar-refractivity contribution in [1.82, 2.24) is 0 Å². The van der Waals surface area contributed by atoms with Crippen molar-refractivity contribution in [2.75, 3.05) is 0 Å². The summed E-state index contributed by atoms with van der Waals surface area (Å²) in [6.07, 6.45) is 2.91. The van der Waals surface area contributed by atoms with Gasteiger partial charge in [0.1, 0.15) is 0 Å². The Balaban J connectivity index is 1.27. The minimum absolute atomic E-state index is 0.373. The number of aliphatic imine (C=N–C) groups is 2. The van der Waals surface area contributed by atoms with Gasteiger partial charge in [-0.05, 0) is 61.7 Å². The number of hydrogen-bond acceptors (Lipinski definition) is 2. The maximum absolute atomic E-state index is 5.28. The van der Waals surface area contributed by atoms with E-state index in [1.807, 2.05) is 12.1 Å². The topological polar surface area (TPSA) is 24.7 Å². The summed E-state index contributed by atoms with van der Waals surface area (Å²) >= 11 is 0. The first-order valence-electron chi connectivity index (χ1n) is 15.2. The number of fused-ring (bicyclic) bond motifs is 10. The second-order valence-electron chi connectivity index (χ2n) is 11.7. The first-order valence-corrected chi connectivity index (χ1v) is 15.2. The van der Waals surface area contributed by atoms with Crippen LogP contribution in [0.25, 0.3) is 28.0 Å². The molecule has 44 heavy (non-hydrogen) atoms. The quantitative estimate of drug-likeness (QED) is 0.205. The molecule has 0 fully saturated rings. The van der Waals surface area contributed by atoms with Crippen LogP contribution in [0.2, 0.25) is 0 Å². The molecule has 1 heterocycles. The fraction of sp³-hybridized carbons (Fsp3) is 0.0476. The lowest BCUT2D eigenvalue weighted by Gasteiger charge is -2.30. The summed E-state index contributed by atoms with van der Waals surface area (Å²) in [6.45, 7) is 0. The summed E-state index contributed by atoms with van der Waals surface area (Å²) in [6, 6.07) is 54.6. The van der Waals surface area contributed by atoms with Crippen molar-refractivity contribution in [1.29, 1.82) is 0 Å². The molecule has 2 nitrogen and oxygen atoms in total. The average Bonchev–Trinajstić information content (AvgIpc) is 3.44. The maximum Gasteiger partial charge on any atom is 0.160 e. The van der Waals surface area contributed by atoms with Gasteiger partial charge in [-0.1, -0.05) is 152 Å². The van der Waals surface area contributed by atoms with E-state index in [1.165, 1.54) is 44.5 Å². The third kappa shape index (κ3) is 3.55. The third-order valence-electron chi connectivity index (χ3n) is 9.39. The van der Waals surface area contributed by atoms with Crippen molar-refractivity contribution in [2.24, 2.45) is 9.98 Å². The van der Waals surface area contributed by atoms with E-state index in [1.54, 1.807) is 0 Å². The monoisotopic (exact) mass is 560 g/mol. The standard InChI is InChI=1S/C42H28N2/c1-3-13-28(14-4-1)39-25-26-40(44-41(43-39)29-15-5-2-6-16-29)30-23-24-34-33-19-9-12-22-37(33)42(38(34)27-30)35-20-10-7-17-31(35)32-18-8-11-21-36(32)42/h1-25,27H,26H2. The van der Waals surface area contributed by atoms with Crippen molar-refractivity contribution in [2.45, 2.75) is 11.8 Å². The number of amidine groups is 1. The lowest BCUT2D eigenvalue weighted by atomic mass is 9.70. The van der Waals surface area contributed by atoms with Gasteiger partial charge in [-0.25, -0.2) is 9.98 Å². The van der Waals surface area contributed by atoms with Gasteiger partial charge in [0.2, 0.25) is 0 Å². The molecule has 6 aromatic carbocycles. The smallest absolute Gasteiger partial charge is 0.160 e. The van der Waals surface area contributed by atoms with Crippen LogP contribution in [0, 0.1) is 0 Å². The van der Waals surface area contributed by atoms with Gasteiger partial charge < -0.3 is 0 Å². The minimum atomic E-state index is -0.373. The first kappa shape index (κ1) is 24.9. The highest BCUT2D eigenvalue weighted by Gasteiger charge is 2.51. The highest BCUT2D eigenvalue weighted by Crippen LogP contribution is 2.62. The van der Waals surface area contributed by atoms with E-state index < -0.39 is 0 Å². The van der Waals surface area contributed by atoms with Crippen molar-refractivity contribution in [3.8, 4) is 22.3 Å². The Morgan fingerprint density at radius 3 is 1.50 bits per heavy atom. The molecule has 0 N–H and O–H groups in total. The molecule has 0 aromatic heterocycles. The molecular formula is C42H28N2. The maximum atomic E-state index is 5.28. The molecule has 0 bridgehead atoms. The van der Waals surface area contributed by atoms with E-state index in [0.29, 0.717) is 6.42 Å². The summed E-state index contributed by atoms with van der Waals surface area (Å²) in [5, 5.41) is 0. The molecule has 206 valence electrons. The fourth-order valence-electron chi connectivity index (χ4n) is 7.52. The van der Waals surface area contributed by atoms with Gasteiger partial charge in [0.15, 0.2) is 5.84 Å². The molecule has 3 aliphatic rings. The van der Waals surface area contributed by atoms with Crippen molar-refractivity contribution in [3.05, 3.63) is 197 Å². The fourth-order valence-corrected chi connectivity index (χ4v) is 7.52. The Labute approximate surface area is 257 Å². The molecule has 0 saturated heterocycles. The lowest BCUT2D eigenvalue weighted by Crippen LogP contribution is -2.26. The molecular weight excluding hydrogens is 532 g/mol. The Morgan fingerprint density at radius 2 is 0.909 bits per heavy atom. The van der Waals surface area contributed by atoms with Crippen LogP contribution in [0.3, 0.4) is 0 Å². The van der Waals surface area contributed by atoms with Crippen LogP contribution in [-0.4, -0.2) is 11.5 Å². The lowest BCUT2D eigenvalue weighted by molar-refractivity contribution is 0.793. The predicted molar refractivity (Wildman–Crippen MR) is 181 cm³/mol. The molecule has 6 aromatic rings. The number of rotatable bonds is 3. The van der Waals surface area contributed by atoms with Crippen LogP contribution in [0.15, 0.2) is 168 Å². The van der Waals surface area contributed by atoms with E-state index in [2.05, 4.69) is 146 Å². The molecule has 0 amide bonds. The van der Waals surface area contributed by atoms with Crippen LogP contribution in [-0.2, 0) is 5.41 Å². The van der Waals surface area contributed by atoms with Gasteiger partial charge in [-0.2, -0.15) is 0 Å². The number of allylic oxidation sites excluding steroid dienone is 1. The second kappa shape index (κ2) is 9.72. The van der Waals surface area contributed by atoms with Crippen LogP contribution < -0.4 is 0 Å². The molecule has 1 spiro atoms. The second-order valence-corrected chi connectivity index (χ2v) is 11.7. The Kier molecular flexibility index (Phi) is 5.51. The summed E-state index contributed by atoms with van der Waals surface area (Å²) in [5.41, 5.74) is 15.5. The average molecular weight is 561 g/mol. The summed E-state index contributed by atoms with van der Waals surface area (Å²) in [4.78, 5) is 10.4. The summed E-state index contributed by atoms with van der Waals surface area (Å²) < 4.78 is 0. The molecule has 0 unspecified atom stereocenters. The van der Waals surface area contributed by atoms with E-state index in [0.717, 1.165) is 33.9 Å². The molecule has 2 heteroatoms. The zero-order chi connectivity index (χ0) is 29.1. The molecule has 2 aliphatic carbocycles. The van der Waals surface area contributed by atoms with Crippen molar-refractivity contribution < 1.29 is 0 Å². The Bertz CT molecular complexity index is 2120. The number of benzene rings is 6. The van der Waals surface area contributed by atoms with E-state index in [9.17, 15) is 0 Å². The highest BCUT2D eigenvalue weighted by atomic mass is 14.9. The normalized spacial score (nSPS) is 15.3. The molecule has 0 atom stereocenters. The van der Waals surface area contributed by atoms with Crippen LogP contribution in [0.5, 0.6) is 0 Å². The van der Waals surface area contributed by atoms with Crippen molar-refractivity contribution in [3.63, 3.8) is 0 Å². The molecule has 1 aliphatic heterocycles. The number of nitrogens with zero attached hydrogens (tertiary/aromatic N) is 2. The van der Waals surface area contributed by atoms with Gasteiger partial charge in [0.25, 0.3) is 0 Å². The van der Waals surface area contributed by atoms with Gasteiger partial charge in [-0.15, -0.1) is 0 Å². The van der Waals surface area contributed by atoms with Crippen LogP contribution >= 0.6 is 0 Å². The Hall–Kier alpha value is -5.60. The molecule has 0 radical (unpaired) electrons. The predicted octanol–water partition coefficient (Wildman–Crippen LogP) is 9.71. The van der Waals surface area contributed by atoms with E-state index >= 15 is 0 Å². The molecule has 0 saturated carbocycles. The molecule has 9 rings (SSSR count). The van der Waals surface area contributed by atoms with E-state index in [-0.39, 0.29) is 5.41 Å². The number of hydrogen-bond donors (Lipinski definition) is 0. The van der Waals surface area contributed by atoms with Gasteiger partial charge >= 0.3 is 0 Å². The highest BCUT2D eigenvalue weighted by molar-refractivity contribution is 6.15. The van der Waals surface area contributed by atoms with Crippen molar-refractivity contribution >= 4 is 17.2 Å².